The first-order chi connectivity index (χ1) is 5.54. The molecule has 12 heavy (non-hydrogen) atoms. The first kappa shape index (κ1) is 9.40. The zero-order chi connectivity index (χ0) is 9.30. The Morgan fingerprint density at radius 2 is 2.08 bits per heavy atom. The summed E-state index contributed by atoms with van der Waals surface area (Å²) in [7, 11) is 0. The summed E-state index contributed by atoms with van der Waals surface area (Å²) in [4.78, 5) is 23.2. The van der Waals surface area contributed by atoms with Crippen LogP contribution in [-0.2, 0) is 0 Å². The van der Waals surface area contributed by atoms with E-state index in [1.807, 2.05) is 0 Å². The molecule has 0 aliphatic carbocycles. The number of hydrogen-bond acceptors (Lipinski definition) is 3. The minimum atomic E-state index is -0.742. The highest BCUT2D eigenvalue weighted by Crippen LogP contribution is 2.19. The van der Waals surface area contributed by atoms with Gasteiger partial charge in [0, 0.05) is 6.20 Å². The van der Waals surface area contributed by atoms with Crippen LogP contribution in [0.15, 0.2) is 20.1 Å². The van der Waals surface area contributed by atoms with E-state index < -0.39 is 16.0 Å². The first-order valence-electron chi connectivity index (χ1n) is 2.75. The second-order valence-corrected chi connectivity index (χ2v) is 3.53. The van der Waals surface area contributed by atoms with Crippen molar-refractivity contribution in [2.24, 2.45) is 0 Å². The predicted octanol–water partition coefficient (Wildman–Crippen LogP) is 1.81. The van der Waals surface area contributed by atoms with Gasteiger partial charge in [-0.3, -0.25) is 14.9 Å². The number of nitrogens with one attached hydrogen (secondary N) is 1. The minimum absolute atomic E-state index is 0.0701. The highest BCUT2D eigenvalue weighted by Gasteiger charge is 2.19. The van der Waals surface area contributed by atoms with E-state index in [4.69, 9.17) is 0 Å². The van der Waals surface area contributed by atoms with E-state index in [1.165, 1.54) is 6.20 Å². The Bertz CT molecular complexity index is 387. The van der Waals surface area contributed by atoms with Gasteiger partial charge in [-0.2, -0.15) is 0 Å². The molecule has 0 spiro atoms. The fourth-order valence-corrected chi connectivity index (χ4v) is 1.38. The van der Waals surface area contributed by atoms with Gasteiger partial charge in [-0.1, -0.05) is 0 Å². The second kappa shape index (κ2) is 3.36. The van der Waals surface area contributed by atoms with E-state index in [2.05, 4.69) is 36.8 Å². The third-order valence-corrected chi connectivity index (χ3v) is 2.34. The monoisotopic (exact) mass is 296 g/mol. The molecular weight excluding hydrogens is 296 g/mol. The van der Waals surface area contributed by atoms with Gasteiger partial charge < -0.3 is 4.98 Å². The van der Waals surface area contributed by atoms with Crippen molar-refractivity contribution in [2.45, 2.75) is 0 Å². The normalized spacial score (nSPS) is 9.83. The maximum atomic E-state index is 11.1. The van der Waals surface area contributed by atoms with Crippen molar-refractivity contribution >= 4 is 37.5 Å². The SMILES string of the molecule is O=c1c(Br)c[nH]c(Br)c1[N+](=O)[O-]. The lowest BCUT2D eigenvalue weighted by Crippen LogP contribution is -2.10. The molecule has 0 aliphatic rings. The van der Waals surface area contributed by atoms with Gasteiger partial charge in [0.25, 0.3) is 5.43 Å². The third-order valence-electron chi connectivity index (χ3n) is 1.15. The van der Waals surface area contributed by atoms with Crippen LogP contribution in [0.1, 0.15) is 0 Å². The Kier molecular flexibility index (Phi) is 2.63. The molecule has 1 aromatic heterocycles. The molecule has 0 fully saturated rings. The molecule has 64 valence electrons. The highest BCUT2D eigenvalue weighted by molar-refractivity contribution is 9.11. The van der Waals surface area contributed by atoms with E-state index in [0.29, 0.717) is 0 Å². The number of nitrogens with zero attached hydrogens (tertiary/aromatic N) is 1. The van der Waals surface area contributed by atoms with Crippen LogP contribution in [0.25, 0.3) is 0 Å². The lowest BCUT2D eigenvalue weighted by molar-refractivity contribution is -0.387. The predicted molar refractivity (Wildman–Crippen MR) is 49.1 cm³/mol. The molecule has 1 rings (SSSR count). The lowest BCUT2D eigenvalue weighted by Gasteiger charge is -1.94. The molecule has 5 nitrogen and oxygen atoms in total. The fourth-order valence-electron chi connectivity index (χ4n) is 0.636. The van der Waals surface area contributed by atoms with Gasteiger partial charge in [-0.25, -0.2) is 0 Å². The zero-order valence-electron chi connectivity index (χ0n) is 5.51. The minimum Gasteiger partial charge on any atom is -0.349 e. The zero-order valence-corrected chi connectivity index (χ0v) is 8.68. The molecule has 0 saturated heterocycles. The van der Waals surface area contributed by atoms with E-state index in [-0.39, 0.29) is 9.08 Å². The number of aromatic amines is 1. The van der Waals surface area contributed by atoms with E-state index in [0.717, 1.165) is 0 Å². The molecule has 0 aliphatic heterocycles. The van der Waals surface area contributed by atoms with Gasteiger partial charge in [-0.05, 0) is 31.9 Å². The Morgan fingerprint density at radius 1 is 1.50 bits per heavy atom. The molecule has 0 atom stereocenters. The number of aromatic nitrogens is 1. The second-order valence-electron chi connectivity index (χ2n) is 1.89. The molecule has 1 heterocycles. The van der Waals surface area contributed by atoms with Crippen LogP contribution in [0.2, 0.25) is 0 Å². The van der Waals surface area contributed by atoms with Gasteiger partial charge in [-0.15, -0.1) is 0 Å². The molecular formula is C5H2Br2N2O3. The third kappa shape index (κ3) is 1.56. The van der Waals surface area contributed by atoms with Gasteiger partial charge in [0.2, 0.25) is 0 Å². The molecule has 1 aromatic rings. The van der Waals surface area contributed by atoms with Crippen molar-refractivity contribution in [3.05, 3.63) is 35.6 Å². The molecule has 0 radical (unpaired) electrons. The molecule has 1 N–H and O–H groups in total. The Labute approximate surface area is 83.2 Å². The van der Waals surface area contributed by atoms with Crippen molar-refractivity contribution in [2.75, 3.05) is 0 Å². The Hall–Kier alpha value is -0.690. The van der Waals surface area contributed by atoms with Gasteiger partial charge in [0.05, 0.1) is 9.40 Å². The summed E-state index contributed by atoms with van der Waals surface area (Å²) in [6.45, 7) is 0. The largest absolute Gasteiger partial charge is 0.349 e. The van der Waals surface area contributed by atoms with Crippen LogP contribution >= 0.6 is 31.9 Å². The summed E-state index contributed by atoms with van der Waals surface area (Å²) in [5.74, 6) is 0. The van der Waals surface area contributed by atoms with Crippen molar-refractivity contribution in [1.29, 1.82) is 0 Å². The summed E-state index contributed by atoms with van der Waals surface area (Å²) in [6, 6.07) is 0. The molecule has 0 aromatic carbocycles. The lowest BCUT2D eigenvalue weighted by atomic mass is 10.4. The highest BCUT2D eigenvalue weighted by atomic mass is 79.9. The van der Waals surface area contributed by atoms with E-state index in [9.17, 15) is 14.9 Å². The van der Waals surface area contributed by atoms with Gasteiger partial charge >= 0.3 is 5.69 Å². The summed E-state index contributed by atoms with van der Waals surface area (Å²) >= 11 is 5.74. The number of nitro groups is 1. The van der Waals surface area contributed by atoms with Crippen LogP contribution in [0.4, 0.5) is 5.69 Å². The van der Waals surface area contributed by atoms with Gasteiger partial charge in [0.1, 0.15) is 0 Å². The molecule has 0 unspecified atom stereocenters. The maximum absolute atomic E-state index is 11.1. The fraction of sp³-hybridized carbons (Fsp3) is 0. The van der Waals surface area contributed by atoms with Crippen molar-refractivity contribution < 1.29 is 4.92 Å². The average Bonchev–Trinajstić information content (AvgIpc) is 1.97. The van der Waals surface area contributed by atoms with Crippen LogP contribution in [0.3, 0.4) is 0 Å². The van der Waals surface area contributed by atoms with Crippen LogP contribution in [-0.4, -0.2) is 9.91 Å². The Morgan fingerprint density at radius 3 is 2.50 bits per heavy atom. The molecule has 7 heteroatoms. The molecule has 0 amide bonds. The van der Waals surface area contributed by atoms with E-state index >= 15 is 0 Å². The van der Waals surface area contributed by atoms with Gasteiger partial charge in [0.15, 0.2) is 4.60 Å². The first-order valence-corrected chi connectivity index (χ1v) is 4.33. The van der Waals surface area contributed by atoms with Crippen LogP contribution in [0.5, 0.6) is 0 Å². The summed E-state index contributed by atoms with van der Waals surface area (Å²) < 4.78 is 0.207. The van der Waals surface area contributed by atoms with Crippen molar-refractivity contribution in [1.82, 2.24) is 4.98 Å². The quantitative estimate of drug-likeness (QED) is 0.488. The summed E-state index contributed by atoms with van der Waals surface area (Å²) in [6.07, 6.45) is 1.33. The number of rotatable bonds is 1. The molecule has 0 bridgehead atoms. The average molecular weight is 298 g/mol. The van der Waals surface area contributed by atoms with Crippen LogP contribution in [0, 0.1) is 10.1 Å². The topological polar surface area (TPSA) is 76.0 Å². The maximum Gasteiger partial charge on any atom is 0.347 e. The van der Waals surface area contributed by atoms with Crippen molar-refractivity contribution in [3.63, 3.8) is 0 Å². The number of pyridine rings is 1. The number of H-pyrrole nitrogens is 1. The summed E-state index contributed by atoms with van der Waals surface area (Å²) in [5, 5.41) is 10.3. The summed E-state index contributed by atoms with van der Waals surface area (Å²) in [5.41, 5.74) is -1.14. The Balaban J connectivity index is 3.55. The van der Waals surface area contributed by atoms with E-state index in [1.54, 1.807) is 0 Å². The standard InChI is InChI=1S/C5H2Br2N2O3/c6-2-1-8-5(7)3(4(2)10)9(11)12/h1H,(H,8,10). The molecule has 0 saturated carbocycles. The number of halogens is 2. The van der Waals surface area contributed by atoms with Crippen LogP contribution < -0.4 is 5.43 Å². The van der Waals surface area contributed by atoms with Crippen molar-refractivity contribution in [3.8, 4) is 0 Å². The number of hydrogen-bond donors (Lipinski definition) is 1. The smallest absolute Gasteiger partial charge is 0.347 e.